The minimum Gasteiger partial charge on any atom is -0.508 e. The standard InChI is InChI=1S/C18H25FN2O4/c1-11-9-13(14(19)10-15(11)22)16(23)21-7-5-12(6-8-21)20-17(24)25-18(2,3)4/h9-10,12,22H,5-8H2,1-4H3,(H,20,24). The predicted octanol–water partition coefficient (Wildman–Crippen LogP) is 2.97. The lowest BCUT2D eigenvalue weighted by Crippen LogP contribution is -2.47. The number of carbonyl (C=O) groups is 2. The number of hydrogen-bond donors (Lipinski definition) is 2. The number of halogens is 1. The first-order valence-electron chi connectivity index (χ1n) is 8.35. The van der Waals surface area contributed by atoms with E-state index in [0.717, 1.165) is 6.07 Å². The van der Waals surface area contributed by atoms with E-state index in [2.05, 4.69) is 5.32 Å². The van der Waals surface area contributed by atoms with Gasteiger partial charge >= 0.3 is 6.09 Å². The van der Waals surface area contributed by atoms with E-state index in [0.29, 0.717) is 31.5 Å². The maximum Gasteiger partial charge on any atom is 0.407 e. The van der Waals surface area contributed by atoms with Gasteiger partial charge in [-0.2, -0.15) is 0 Å². The third-order valence-corrected chi connectivity index (χ3v) is 4.02. The normalized spacial score (nSPS) is 15.8. The monoisotopic (exact) mass is 352 g/mol. The molecule has 6 nitrogen and oxygen atoms in total. The minimum atomic E-state index is -0.734. The van der Waals surface area contributed by atoms with Gasteiger partial charge in [-0.1, -0.05) is 0 Å². The van der Waals surface area contributed by atoms with Crippen molar-refractivity contribution in [2.45, 2.75) is 52.2 Å². The molecule has 0 spiro atoms. The molecule has 1 fully saturated rings. The lowest BCUT2D eigenvalue weighted by molar-refractivity contribution is 0.0473. The Balaban J connectivity index is 1.93. The van der Waals surface area contributed by atoms with Gasteiger partial charge in [0.15, 0.2) is 0 Å². The highest BCUT2D eigenvalue weighted by molar-refractivity contribution is 5.95. The van der Waals surface area contributed by atoms with Crippen LogP contribution >= 0.6 is 0 Å². The number of piperidine rings is 1. The van der Waals surface area contributed by atoms with Crippen LogP contribution in [0.15, 0.2) is 12.1 Å². The number of aryl methyl sites for hydroxylation is 1. The van der Waals surface area contributed by atoms with Crippen molar-refractivity contribution in [3.05, 3.63) is 29.1 Å². The van der Waals surface area contributed by atoms with E-state index in [9.17, 15) is 19.1 Å². The quantitative estimate of drug-likeness (QED) is 0.858. The molecule has 0 atom stereocenters. The lowest BCUT2D eigenvalue weighted by Gasteiger charge is -2.33. The maximum atomic E-state index is 14.0. The van der Waals surface area contributed by atoms with Crippen LogP contribution in [-0.4, -0.2) is 46.7 Å². The van der Waals surface area contributed by atoms with Crippen LogP contribution in [0.3, 0.4) is 0 Å². The van der Waals surface area contributed by atoms with Gasteiger partial charge in [-0.3, -0.25) is 4.79 Å². The van der Waals surface area contributed by atoms with Gasteiger partial charge in [0.2, 0.25) is 0 Å². The topological polar surface area (TPSA) is 78.9 Å². The summed E-state index contributed by atoms with van der Waals surface area (Å²) in [5, 5.41) is 12.3. The summed E-state index contributed by atoms with van der Waals surface area (Å²) in [4.78, 5) is 25.8. The zero-order valence-electron chi connectivity index (χ0n) is 15.1. The van der Waals surface area contributed by atoms with E-state index in [1.165, 1.54) is 6.07 Å². The Kier molecular flexibility index (Phi) is 5.55. The number of likely N-dealkylation sites (tertiary alicyclic amines) is 1. The molecule has 1 saturated heterocycles. The van der Waals surface area contributed by atoms with Crippen molar-refractivity contribution in [1.29, 1.82) is 0 Å². The Hall–Kier alpha value is -2.31. The zero-order chi connectivity index (χ0) is 18.8. The molecule has 1 aromatic rings. The van der Waals surface area contributed by atoms with E-state index < -0.39 is 23.4 Å². The van der Waals surface area contributed by atoms with Gasteiger partial charge in [-0.05, 0) is 52.2 Å². The second kappa shape index (κ2) is 7.29. The number of rotatable bonds is 2. The van der Waals surface area contributed by atoms with Crippen molar-refractivity contribution in [1.82, 2.24) is 10.2 Å². The largest absolute Gasteiger partial charge is 0.508 e. The average molecular weight is 352 g/mol. The number of hydrogen-bond acceptors (Lipinski definition) is 4. The van der Waals surface area contributed by atoms with Crippen molar-refractivity contribution < 1.29 is 23.8 Å². The number of alkyl carbamates (subject to hydrolysis) is 1. The van der Waals surface area contributed by atoms with Crippen molar-refractivity contribution in [2.24, 2.45) is 0 Å². The van der Waals surface area contributed by atoms with Crippen LogP contribution in [0.2, 0.25) is 0 Å². The van der Waals surface area contributed by atoms with Gasteiger partial charge in [0.1, 0.15) is 17.2 Å². The lowest BCUT2D eigenvalue weighted by atomic mass is 10.0. The molecule has 7 heteroatoms. The smallest absolute Gasteiger partial charge is 0.407 e. The van der Waals surface area contributed by atoms with Crippen molar-refractivity contribution in [2.75, 3.05) is 13.1 Å². The Morgan fingerprint density at radius 3 is 2.44 bits per heavy atom. The molecule has 25 heavy (non-hydrogen) atoms. The van der Waals surface area contributed by atoms with E-state index in [1.54, 1.807) is 32.6 Å². The van der Waals surface area contributed by atoms with E-state index in [1.807, 2.05) is 0 Å². The van der Waals surface area contributed by atoms with Crippen molar-refractivity contribution in [3.63, 3.8) is 0 Å². The molecule has 2 amide bonds. The number of nitrogens with zero attached hydrogens (tertiary/aromatic N) is 1. The summed E-state index contributed by atoms with van der Waals surface area (Å²) >= 11 is 0. The number of carbonyl (C=O) groups excluding carboxylic acids is 2. The summed E-state index contributed by atoms with van der Waals surface area (Å²) in [6.45, 7) is 7.83. The summed E-state index contributed by atoms with van der Waals surface area (Å²) < 4.78 is 19.2. The van der Waals surface area contributed by atoms with E-state index in [4.69, 9.17) is 4.74 Å². The molecule has 2 rings (SSSR count). The fourth-order valence-electron chi connectivity index (χ4n) is 2.71. The molecule has 0 radical (unpaired) electrons. The third kappa shape index (κ3) is 5.08. The Bertz CT molecular complexity index is 662. The highest BCUT2D eigenvalue weighted by Crippen LogP contribution is 2.23. The zero-order valence-corrected chi connectivity index (χ0v) is 15.1. The molecule has 0 aliphatic carbocycles. The number of phenols is 1. The molecule has 138 valence electrons. The Labute approximate surface area is 147 Å². The van der Waals surface area contributed by atoms with Gasteiger partial charge < -0.3 is 20.1 Å². The molecular weight excluding hydrogens is 327 g/mol. The van der Waals surface area contributed by atoms with Crippen molar-refractivity contribution >= 4 is 12.0 Å². The number of aromatic hydroxyl groups is 1. The first-order valence-corrected chi connectivity index (χ1v) is 8.35. The number of benzene rings is 1. The van der Waals surface area contributed by atoms with Crippen LogP contribution in [0.4, 0.5) is 9.18 Å². The molecular formula is C18H25FN2O4. The van der Waals surface area contributed by atoms with Gasteiger partial charge in [0.05, 0.1) is 5.56 Å². The second-order valence-corrected chi connectivity index (χ2v) is 7.33. The van der Waals surface area contributed by atoms with E-state index >= 15 is 0 Å². The molecule has 2 N–H and O–H groups in total. The average Bonchev–Trinajstić information content (AvgIpc) is 2.49. The molecule has 1 aliphatic rings. The summed E-state index contributed by atoms with van der Waals surface area (Å²) in [5.74, 6) is -1.31. The molecule has 1 aliphatic heterocycles. The fourth-order valence-corrected chi connectivity index (χ4v) is 2.71. The van der Waals surface area contributed by atoms with Gasteiger partial charge in [-0.25, -0.2) is 9.18 Å². The van der Waals surface area contributed by atoms with Crippen LogP contribution in [0.25, 0.3) is 0 Å². The SMILES string of the molecule is Cc1cc(C(=O)N2CCC(NC(=O)OC(C)(C)C)CC2)c(F)cc1O. The van der Waals surface area contributed by atoms with Crippen molar-refractivity contribution in [3.8, 4) is 5.75 Å². The van der Waals surface area contributed by atoms with Crippen LogP contribution in [0.1, 0.15) is 49.5 Å². The Morgan fingerprint density at radius 2 is 1.88 bits per heavy atom. The molecule has 0 bridgehead atoms. The van der Waals surface area contributed by atoms with Crippen LogP contribution in [0, 0.1) is 12.7 Å². The minimum absolute atomic E-state index is 0.0474. The molecule has 1 heterocycles. The summed E-state index contributed by atoms with van der Waals surface area (Å²) in [5.41, 5.74) is -0.158. The number of amides is 2. The van der Waals surface area contributed by atoms with E-state index in [-0.39, 0.29) is 17.4 Å². The maximum absolute atomic E-state index is 14.0. The fraction of sp³-hybridized carbons (Fsp3) is 0.556. The predicted molar refractivity (Wildman–Crippen MR) is 91.1 cm³/mol. The van der Waals surface area contributed by atoms with Crippen LogP contribution in [-0.2, 0) is 4.74 Å². The number of ether oxygens (including phenoxy) is 1. The van der Waals surface area contributed by atoms with Crippen LogP contribution < -0.4 is 5.32 Å². The Morgan fingerprint density at radius 1 is 1.28 bits per heavy atom. The first kappa shape index (κ1) is 19.0. The number of nitrogens with one attached hydrogen (secondary N) is 1. The van der Waals surface area contributed by atoms with Gasteiger partial charge in [-0.15, -0.1) is 0 Å². The van der Waals surface area contributed by atoms with Gasteiger partial charge in [0, 0.05) is 25.2 Å². The second-order valence-electron chi connectivity index (χ2n) is 7.33. The molecule has 0 saturated carbocycles. The summed E-state index contributed by atoms with van der Waals surface area (Å²) in [7, 11) is 0. The molecule has 0 aromatic heterocycles. The van der Waals surface area contributed by atoms with Gasteiger partial charge in [0.25, 0.3) is 5.91 Å². The molecule has 1 aromatic carbocycles. The van der Waals surface area contributed by atoms with Crippen LogP contribution in [0.5, 0.6) is 5.75 Å². The highest BCUT2D eigenvalue weighted by Gasteiger charge is 2.27. The highest BCUT2D eigenvalue weighted by atomic mass is 19.1. The third-order valence-electron chi connectivity index (χ3n) is 4.02. The molecule has 0 unspecified atom stereocenters. The summed E-state index contributed by atoms with van der Waals surface area (Å²) in [6.07, 6.45) is 0.672. The first-order chi connectivity index (χ1) is 11.6. The number of phenolic OH excluding ortho intramolecular Hbond substituents is 1. The summed E-state index contributed by atoms with van der Waals surface area (Å²) in [6, 6.07) is 2.24.